The van der Waals surface area contributed by atoms with Gasteiger partial charge in [-0.15, -0.1) is 0 Å². The smallest absolute Gasteiger partial charge is 0.339 e. The number of nitrogens with one attached hydrogen (secondary N) is 1. The van der Waals surface area contributed by atoms with Crippen LogP contribution in [0.4, 0.5) is 0 Å². The molecule has 0 aromatic heterocycles. The Labute approximate surface area is 112 Å². The van der Waals surface area contributed by atoms with Crippen LogP contribution in [0, 0.1) is 0 Å². The molecule has 0 aliphatic carbocycles. The van der Waals surface area contributed by atoms with E-state index in [2.05, 4.69) is 5.32 Å². The van der Waals surface area contributed by atoms with Gasteiger partial charge in [0.05, 0.1) is 11.6 Å². The predicted octanol–water partition coefficient (Wildman–Crippen LogP) is 2.86. The lowest BCUT2D eigenvalue weighted by Gasteiger charge is -2.33. The van der Waals surface area contributed by atoms with Crippen molar-refractivity contribution >= 4 is 5.97 Å². The topological polar surface area (TPSA) is 38.3 Å². The summed E-state index contributed by atoms with van der Waals surface area (Å²) in [5.41, 5.74) is 2.65. The zero-order valence-electron chi connectivity index (χ0n) is 10.7. The lowest BCUT2D eigenvalue weighted by molar-refractivity contribution is 0.0136. The standard InChI is InChI=1S/C16H15NO2/c1-17-14-12-9-5-6-10-13(12)16(18)19-15(14)11-7-3-2-4-8-11/h2-10,14-15,17H,1H3/t14-,15-/m1/s1. The maximum absolute atomic E-state index is 12.1. The molecule has 1 aliphatic rings. The van der Waals surface area contributed by atoms with E-state index in [0.29, 0.717) is 5.56 Å². The van der Waals surface area contributed by atoms with E-state index in [9.17, 15) is 4.79 Å². The second kappa shape index (κ2) is 4.86. The molecule has 2 aromatic carbocycles. The van der Waals surface area contributed by atoms with Gasteiger partial charge in [-0.2, -0.15) is 0 Å². The van der Waals surface area contributed by atoms with Crippen molar-refractivity contribution < 1.29 is 9.53 Å². The van der Waals surface area contributed by atoms with Crippen molar-refractivity contribution in [3.05, 3.63) is 71.3 Å². The second-order valence-corrected chi connectivity index (χ2v) is 4.59. The second-order valence-electron chi connectivity index (χ2n) is 4.59. The fraction of sp³-hybridized carbons (Fsp3) is 0.188. The average molecular weight is 253 g/mol. The van der Waals surface area contributed by atoms with Gasteiger partial charge < -0.3 is 10.1 Å². The van der Waals surface area contributed by atoms with Crippen LogP contribution in [0.3, 0.4) is 0 Å². The van der Waals surface area contributed by atoms with Crippen molar-refractivity contribution in [2.24, 2.45) is 0 Å². The van der Waals surface area contributed by atoms with E-state index in [4.69, 9.17) is 4.74 Å². The number of likely N-dealkylation sites (N-methyl/N-ethyl adjacent to an activating group) is 1. The number of fused-ring (bicyclic) bond motifs is 1. The van der Waals surface area contributed by atoms with Crippen LogP contribution in [0.1, 0.15) is 33.6 Å². The summed E-state index contributed by atoms with van der Waals surface area (Å²) in [7, 11) is 1.89. The number of hydrogen-bond donors (Lipinski definition) is 1. The van der Waals surface area contributed by atoms with Crippen LogP contribution >= 0.6 is 0 Å². The normalized spacial score (nSPS) is 21.6. The molecule has 0 saturated carbocycles. The molecule has 0 saturated heterocycles. The van der Waals surface area contributed by atoms with Crippen LogP contribution in [-0.2, 0) is 4.74 Å². The predicted molar refractivity (Wildman–Crippen MR) is 72.8 cm³/mol. The summed E-state index contributed by atoms with van der Waals surface area (Å²) in [5.74, 6) is -0.254. The summed E-state index contributed by atoms with van der Waals surface area (Å²) in [4.78, 5) is 12.1. The largest absolute Gasteiger partial charge is 0.452 e. The van der Waals surface area contributed by atoms with Crippen molar-refractivity contribution in [1.82, 2.24) is 5.32 Å². The SMILES string of the molecule is CN[C@@H]1c2ccccc2C(=O)O[C@@H]1c1ccccc1. The minimum absolute atomic E-state index is 0.0173. The monoisotopic (exact) mass is 253 g/mol. The lowest BCUT2D eigenvalue weighted by atomic mass is 9.90. The number of benzene rings is 2. The van der Waals surface area contributed by atoms with E-state index in [-0.39, 0.29) is 18.1 Å². The van der Waals surface area contributed by atoms with Gasteiger partial charge in [0.1, 0.15) is 6.10 Å². The molecule has 2 atom stereocenters. The number of carbonyl (C=O) groups excluding carboxylic acids is 1. The molecule has 0 bridgehead atoms. The van der Waals surface area contributed by atoms with Gasteiger partial charge in [-0.3, -0.25) is 0 Å². The van der Waals surface area contributed by atoms with Crippen LogP contribution < -0.4 is 5.32 Å². The molecule has 1 N–H and O–H groups in total. The van der Waals surface area contributed by atoms with E-state index in [1.807, 2.05) is 61.6 Å². The fourth-order valence-electron chi connectivity index (χ4n) is 2.57. The van der Waals surface area contributed by atoms with E-state index in [1.165, 1.54) is 0 Å². The summed E-state index contributed by atoms with van der Waals surface area (Å²) in [5, 5.41) is 3.25. The van der Waals surface area contributed by atoms with Crippen molar-refractivity contribution in [1.29, 1.82) is 0 Å². The van der Waals surface area contributed by atoms with Crippen LogP contribution in [0.5, 0.6) is 0 Å². The Kier molecular flexibility index (Phi) is 3.05. The molecule has 3 rings (SSSR count). The van der Waals surface area contributed by atoms with Gasteiger partial charge in [0, 0.05) is 0 Å². The third-order valence-electron chi connectivity index (χ3n) is 3.49. The van der Waals surface area contributed by atoms with Gasteiger partial charge in [0.15, 0.2) is 0 Å². The van der Waals surface area contributed by atoms with Gasteiger partial charge in [-0.1, -0.05) is 48.5 Å². The number of ether oxygens (including phenoxy) is 1. The van der Waals surface area contributed by atoms with Crippen LogP contribution in [0.25, 0.3) is 0 Å². The van der Waals surface area contributed by atoms with E-state index >= 15 is 0 Å². The summed E-state index contributed by atoms with van der Waals surface area (Å²) in [6, 6.07) is 17.4. The van der Waals surface area contributed by atoms with E-state index < -0.39 is 0 Å². The molecule has 1 heterocycles. The van der Waals surface area contributed by atoms with Crippen molar-refractivity contribution in [2.45, 2.75) is 12.1 Å². The Balaban J connectivity index is 2.08. The molecule has 2 aromatic rings. The van der Waals surface area contributed by atoms with Crippen molar-refractivity contribution in [2.75, 3.05) is 7.05 Å². The quantitative estimate of drug-likeness (QED) is 0.836. The molecule has 0 amide bonds. The fourth-order valence-corrected chi connectivity index (χ4v) is 2.57. The molecule has 0 unspecified atom stereocenters. The summed E-state index contributed by atoms with van der Waals surface area (Å²) in [6.07, 6.45) is -0.284. The maximum Gasteiger partial charge on any atom is 0.339 e. The number of carbonyl (C=O) groups is 1. The van der Waals surface area contributed by atoms with Gasteiger partial charge in [0.25, 0.3) is 0 Å². The Morgan fingerprint density at radius 3 is 2.42 bits per heavy atom. The highest BCUT2D eigenvalue weighted by atomic mass is 16.5. The number of esters is 1. The Bertz CT molecular complexity index is 595. The van der Waals surface area contributed by atoms with Crippen LogP contribution in [-0.4, -0.2) is 13.0 Å². The highest BCUT2D eigenvalue weighted by molar-refractivity contribution is 5.92. The molecule has 1 aliphatic heterocycles. The zero-order valence-corrected chi connectivity index (χ0v) is 10.7. The molecule has 3 nitrogen and oxygen atoms in total. The molecule has 19 heavy (non-hydrogen) atoms. The van der Waals surface area contributed by atoms with Gasteiger partial charge >= 0.3 is 5.97 Å². The molecule has 0 fully saturated rings. The molecule has 0 spiro atoms. The first kappa shape index (κ1) is 11.9. The lowest BCUT2D eigenvalue weighted by Crippen LogP contribution is -2.33. The van der Waals surface area contributed by atoms with Gasteiger partial charge in [-0.05, 0) is 24.2 Å². The first-order chi connectivity index (χ1) is 9.31. The average Bonchev–Trinajstić information content (AvgIpc) is 2.48. The van der Waals surface area contributed by atoms with Gasteiger partial charge in [-0.25, -0.2) is 4.79 Å². The molecular weight excluding hydrogens is 238 g/mol. The summed E-state index contributed by atoms with van der Waals surface area (Å²) in [6.45, 7) is 0. The summed E-state index contributed by atoms with van der Waals surface area (Å²) < 4.78 is 5.60. The minimum atomic E-state index is -0.284. The maximum atomic E-state index is 12.1. The molecule has 3 heteroatoms. The highest BCUT2D eigenvalue weighted by Crippen LogP contribution is 2.38. The molecule has 96 valence electrons. The summed E-state index contributed by atoms with van der Waals surface area (Å²) >= 11 is 0. The number of rotatable bonds is 2. The third-order valence-corrected chi connectivity index (χ3v) is 3.49. The molecular formula is C16H15NO2. The molecule has 0 radical (unpaired) electrons. The first-order valence-corrected chi connectivity index (χ1v) is 6.33. The van der Waals surface area contributed by atoms with Crippen LogP contribution in [0.2, 0.25) is 0 Å². The minimum Gasteiger partial charge on any atom is -0.452 e. The zero-order chi connectivity index (χ0) is 13.2. The number of hydrogen-bond acceptors (Lipinski definition) is 3. The highest BCUT2D eigenvalue weighted by Gasteiger charge is 2.35. The van der Waals surface area contributed by atoms with E-state index in [0.717, 1.165) is 11.1 Å². The Morgan fingerprint density at radius 2 is 1.68 bits per heavy atom. The number of cyclic esters (lactones) is 1. The first-order valence-electron chi connectivity index (χ1n) is 6.33. The third kappa shape index (κ3) is 2.02. The van der Waals surface area contributed by atoms with Crippen LogP contribution in [0.15, 0.2) is 54.6 Å². The van der Waals surface area contributed by atoms with Crippen molar-refractivity contribution in [3.63, 3.8) is 0 Å². The van der Waals surface area contributed by atoms with Crippen molar-refractivity contribution in [3.8, 4) is 0 Å². The Hall–Kier alpha value is -2.13. The van der Waals surface area contributed by atoms with E-state index in [1.54, 1.807) is 0 Å². The Morgan fingerprint density at radius 1 is 1.00 bits per heavy atom. The van der Waals surface area contributed by atoms with Gasteiger partial charge in [0.2, 0.25) is 0 Å².